The number of carbonyl (C=O) groups excluding carboxylic acids is 2. The summed E-state index contributed by atoms with van der Waals surface area (Å²) in [6.07, 6.45) is 1.45. The van der Waals surface area contributed by atoms with E-state index < -0.39 is 11.8 Å². The fraction of sp³-hybridized carbons (Fsp3) is 0.125. The van der Waals surface area contributed by atoms with Gasteiger partial charge < -0.3 is 10.1 Å². The third-order valence-electron chi connectivity index (χ3n) is 4.38. The van der Waals surface area contributed by atoms with Crippen LogP contribution in [0.15, 0.2) is 90.0 Å². The first-order chi connectivity index (χ1) is 14.6. The van der Waals surface area contributed by atoms with Crippen molar-refractivity contribution < 1.29 is 14.3 Å². The average molecular weight is 401 g/mol. The Labute approximate surface area is 175 Å². The van der Waals surface area contributed by atoms with Crippen LogP contribution in [-0.4, -0.2) is 18.0 Å². The number of hydrazone groups is 1. The summed E-state index contributed by atoms with van der Waals surface area (Å²) in [6, 6.07) is 26.2. The lowest BCUT2D eigenvalue weighted by Gasteiger charge is -2.13. The monoisotopic (exact) mass is 401 g/mol. The van der Waals surface area contributed by atoms with E-state index >= 15 is 0 Å². The molecule has 2 amide bonds. The minimum absolute atomic E-state index is 0.291. The molecule has 0 aliphatic rings. The van der Waals surface area contributed by atoms with Gasteiger partial charge >= 0.3 is 11.8 Å². The number of nitrogens with zero attached hydrogens (tertiary/aromatic N) is 1. The summed E-state index contributed by atoms with van der Waals surface area (Å²) in [5, 5.41) is 6.54. The molecule has 6 nitrogen and oxygen atoms in total. The van der Waals surface area contributed by atoms with Crippen LogP contribution in [0.2, 0.25) is 0 Å². The second kappa shape index (κ2) is 10.6. The summed E-state index contributed by atoms with van der Waals surface area (Å²) >= 11 is 0. The highest BCUT2D eigenvalue weighted by Crippen LogP contribution is 2.17. The normalized spacial score (nSPS) is 11.6. The van der Waals surface area contributed by atoms with Crippen LogP contribution in [0.25, 0.3) is 0 Å². The summed E-state index contributed by atoms with van der Waals surface area (Å²) in [5.41, 5.74) is 4.89. The SMILES string of the molecule is CC(NC(=O)C(=O)NN=Cc1ccccc1OCc1ccccc1)c1ccccc1. The van der Waals surface area contributed by atoms with Crippen LogP contribution in [0.5, 0.6) is 5.75 Å². The zero-order valence-electron chi connectivity index (χ0n) is 16.6. The van der Waals surface area contributed by atoms with E-state index in [1.165, 1.54) is 6.21 Å². The van der Waals surface area contributed by atoms with Gasteiger partial charge in [-0.1, -0.05) is 72.8 Å². The summed E-state index contributed by atoms with van der Waals surface area (Å²) < 4.78 is 5.85. The number of ether oxygens (including phenoxy) is 1. The summed E-state index contributed by atoms with van der Waals surface area (Å²) in [6.45, 7) is 2.22. The van der Waals surface area contributed by atoms with Gasteiger partial charge in [-0.05, 0) is 30.2 Å². The van der Waals surface area contributed by atoms with Gasteiger partial charge in [0.2, 0.25) is 0 Å². The van der Waals surface area contributed by atoms with Crippen LogP contribution < -0.4 is 15.5 Å². The van der Waals surface area contributed by atoms with Crippen LogP contribution in [0.3, 0.4) is 0 Å². The van der Waals surface area contributed by atoms with E-state index in [-0.39, 0.29) is 6.04 Å². The molecule has 0 spiro atoms. The van der Waals surface area contributed by atoms with Crippen LogP contribution in [0.4, 0.5) is 0 Å². The van der Waals surface area contributed by atoms with E-state index in [4.69, 9.17) is 4.74 Å². The largest absolute Gasteiger partial charge is 0.488 e. The van der Waals surface area contributed by atoms with E-state index in [1.54, 1.807) is 0 Å². The van der Waals surface area contributed by atoms with Gasteiger partial charge in [0.15, 0.2) is 0 Å². The number of benzene rings is 3. The second-order valence-corrected chi connectivity index (χ2v) is 6.62. The van der Waals surface area contributed by atoms with Crippen molar-refractivity contribution in [3.05, 3.63) is 102 Å². The Morgan fingerprint density at radius 1 is 0.900 bits per heavy atom. The maximum atomic E-state index is 12.1. The Morgan fingerprint density at radius 3 is 2.27 bits per heavy atom. The number of hydrogen-bond acceptors (Lipinski definition) is 4. The molecule has 3 aromatic carbocycles. The van der Waals surface area contributed by atoms with Crippen molar-refractivity contribution in [3.8, 4) is 5.75 Å². The first-order valence-corrected chi connectivity index (χ1v) is 9.58. The molecule has 0 saturated carbocycles. The maximum Gasteiger partial charge on any atom is 0.329 e. The minimum Gasteiger partial charge on any atom is -0.488 e. The van der Waals surface area contributed by atoms with E-state index in [1.807, 2.05) is 91.9 Å². The number of para-hydroxylation sites is 1. The molecule has 1 unspecified atom stereocenters. The molecule has 0 bridgehead atoms. The van der Waals surface area contributed by atoms with Gasteiger partial charge in [0, 0.05) is 5.56 Å². The fourth-order valence-electron chi connectivity index (χ4n) is 2.75. The zero-order valence-corrected chi connectivity index (χ0v) is 16.6. The van der Waals surface area contributed by atoms with E-state index in [2.05, 4.69) is 15.8 Å². The Hall–Kier alpha value is -3.93. The smallest absolute Gasteiger partial charge is 0.329 e. The van der Waals surface area contributed by atoms with Crippen LogP contribution in [0.1, 0.15) is 29.7 Å². The van der Waals surface area contributed by atoms with Crippen molar-refractivity contribution in [2.24, 2.45) is 5.10 Å². The molecule has 6 heteroatoms. The molecule has 0 fully saturated rings. The third kappa shape index (κ3) is 6.04. The van der Waals surface area contributed by atoms with Gasteiger partial charge in [-0.3, -0.25) is 9.59 Å². The van der Waals surface area contributed by atoms with Crippen molar-refractivity contribution in [1.82, 2.24) is 10.7 Å². The fourth-order valence-corrected chi connectivity index (χ4v) is 2.75. The lowest BCUT2D eigenvalue weighted by molar-refractivity contribution is -0.139. The summed E-state index contributed by atoms with van der Waals surface area (Å²) in [4.78, 5) is 24.1. The highest BCUT2D eigenvalue weighted by atomic mass is 16.5. The number of amides is 2. The Kier molecular flexibility index (Phi) is 7.33. The van der Waals surface area contributed by atoms with Crippen molar-refractivity contribution in [1.29, 1.82) is 0 Å². The maximum absolute atomic E-state index is 12.1. The van der Waals surface area contributed by atoms with Crippen molar-refractivity contribution in [3.63, 3.8) is 0 Å². The van der Waals surface area contributed by atoms with Gasteiger partial charge in [-0.2, -0.15) is 5.10 Å². The first-order valence-electron chi connectivity index (χ1n) is 9.58. The summed E-state index contributed by atoms with van der Waals surface area (Å²) in [5.74, 6) is -0.963. The van der Waals surface area contributed by atoms with Gasteiger partial charge in [-0.25, -0.2) is 5.43 Å². The molecule has 0 heterocycles. The zero-order chi connectivity index (χ0) is 21.2. The average Bonchev–Trinajstić information content (AvgIpc) is 2.79. The van der Waals surface area contributed by atoms with Gasteiger partial charge in [0.1, 0.15) is 12.4 Å². The molecule has 30 heavy (non-hydrogen) atoms. The van der Waals surface area contributed by atoms with Crippen LogP contribution >= 0.6 is 0 Å². The molecule has 0 aromatic heterocycles. The predicted octanol–water partition coefficient (Wildman–Crippen LogP) is 3.59. The number of rotatable bonds is 7. The highest BCUT2D eigenvalue weighted by molar-refractivity contribution is 6.35. The highest BCUT2D eigenvalue weighted by Gasteiger charge is 2.16. The van der Waals surface area contributed by atoms with Gasteiger partial charge in [-0.15, -0.1) is 0 Å². The van der Waals surface area contributed by atoms with Crippen LogP contribution in [0, 0.1) is 0 Å². The molecule has 3 rings (SSSR count). The number of hydrogen-bond donors (Lipinski definition) is 2. The molecular formula is C24H23N3O3. The van der Waals surface area contributed by atoms with Crippen molar-refractivity contribution >= 4 is 18.0 Å². The van der Waals surface area contributed by atoms with Gasteiger partial charge in [0.05, 0.1) is 12.3 Å². The molecular weight excluding hydrogens is 378 g/mol. The molecule has 152 valence electrons. The Bertz CT molecular complexity index is 1000. The van der Waals surface area contributed by atoms with E-state index in [0.717, 1.165) is 11.1 Å². The van der Waals surface area contributed by atoms with E-state index in [0.29, 0.717) is 17.9 Å². The molecule has 0 aliphatic carbocycles. The molecule has 0 aliphatic heterocycles. The topological polar surface area (TPSA) is 79.8 Å². The quantitative estimate of drug-likeness (QED) is 0.361. The minimum atomic E-state index is -0.836. The van der Waals surface area contributed by atoms with Gasteiger partial charge in [0.25, 0.3) is 0 Å². The van der Waals surface area contributed by atoms with Crippen molar-refractivity contribution in [2.45, 2.75) is 19.6 Å². The van der Waals surface area contributed by atoms with E-state index in [9.17, 15) is 9.59 Å². The molecule has 0 radical (unpaired) electrons. The third-order valence-corrected chi connectivity index (χ3v) is 4.38. The first kappa shape index (κ1) is 20.8. The lowest BCUT2D eigenvalue weighted by atomic mass is 10.1. The predicted molar refractivity (Wildman–Crippen MR) is 116 cm³/mol. The van der Waals surface area contributed by atoms with Crippen LogP contribution in [-0.2, 0) is 16.2 Å². The Balaban J connectivity index is 1.54. The Morgan fingerprint density at radius 2 is 1.53 bits per heavy atom. The summed E-state index contributed by atoms with van der Waals surface area (Å²) in [7, 11) is 0. The molecule has 2 N–H and O–H groups in total. The molecule has 1 atom stereocenters. The number of carbonyl (C=O) groups is 2. The molecule has 0 saturated heterocycles. The number of nitrogens with one attached hydrogen (secondary N) is 2. The van der Waals surface area contributed by atoms with Crippen molar-refractivity contribution in [2.75, 3.05) is 0 Å². The second-order valence-electron chi connectivity index (χ2n) is 6.62. The standard InChI is InChI=1S/C24H23N3O3/c1-18(20-12-6-3-7-13-20)26-23(28)24(29)27-25-16-21-14-8-9-15-22(21)30-17-19-10-4-2-5-11-19/h2-16,18H,17H2,1H3,(H,26,28)(H,27,29). The molecule has 3 aromatic rings. The lowest BCUT2D eigenvalue weighted by Crippen LogP contribution is -2.39.